The number of sulfonamides is 1. The molecule has 1 aromatic carbocycles. The highest BCUT2D eigenvalue weighted by Crippen LogP contribution is 2.34. The summed E-state index contributed by atoms with van der Waals surface area (Å²) in [6.45, 7) is 3.61. The number of ether oxygens (including phenoxy) is 1. The number of morpholine rings is 1. The highest BCUT2D eigenvalue weighted by atomic mass is 35.5. The Bertz CT molecular complexity index is 603. The first-order chi connectivity index (χ1) is 9.92. The van der Waals surface area contributed by atoms with E-state index >= 15 is 0 Å². The van der Waals surface area contributed by atoms with Crippen LogP contribution in [0.4, 0.5) is 5.69 Å². The molecule has 1 heterocycles. The molecule has 1 aliphatic rings. The van der Waals surface area contributed by atoms with E-state index in [2.05, 4.69) is 9.62 Å². The van der Waals surface area contributed by atoms with Crippen molar-refractivity contribution in [3.05, 3.63) is 17.2 Å². The fraction of sp³-hybridized carbons (Fsp3) is 0.500. The lowest BCUT2D eigenvalue weighted by molar-refractivity contribution is 0.0390. The number of hydrogen-bond acceptors (Lipinski definition) is 6. The summed E-state index contributed by atoms with van der Waals surface area (Å²) in [7, 11) is -3.91. The summed E-state index contributed by atoms with van der Waals surface area (Å²) in [5.74, 6) is -0.527. The Morgan fingerprint density at radius 1 is 1.38 bits per heavy atom. The summed E-state index contributed by atoms with van der Waals surface area (Å²) in [6, 6.07) is 2.69. The van der Waals surface area contributed by atoms with Crippen LogP contribution in [-0.4, -0.2) is 57.8 Å². The molecule has 0 aromatic heterocycles. The number of nitrogens with one attached hydrogen (secondary N) is 1. The number of hydrogen-bond donors (Lipinski definition) is 3. The normalized spacial score (nSPS) is 17.0. The van der Waals surface area contributed by atoms with E-state index < -0.39 is 15.8 Å². The van der Waals surface area contributed by atoms with Gasteiger partial charge in [-0.1, -0.05) is 11.6 Å². The molecule has 0 bridgehead atoms. The Kier molecular flexibility index (Phi) is 5.28. The standard InChI is InChI=1S/C12H18ClN3O4S/c13-9-1-2-10(14)11(17)12(9)21(18,19)15-3-4-16-5-7-20-8-6-16/h1-2,15,17H,3-8,14H2. The number of anilines is 1. The van der Waals surface area contributed by atoms with Crippen molar-refractivity contribution in [2.45, 2.75) is 4.90 Å². The van der Waals surface area contributed by atoms with E-state index in [9.17, 15) is 13.5 Å². The minimum atomic E-state index is -3.91. The molecule has 1 saturated heterocycles. The quantitative estimate of drug-likeness (QED) is 0.526. The second-order valence-corrected chi connectivity index (χ2v) is 6.78. The number of nitrogens with two attached hydrogens (primary N) is 1. The number of phenolic OH excluding ortho intramolecular Hbond substituents is 1. The van der Waals surface area contributed by atoms with Crippen molar-refractivity contribution in [2.75, 3.05) is 45.1 Å². The molecule has 2 rings (SSSR count). The van der Waals surface area contributed by atoms with E-state index in [1.807, 2.05) is 0 Å². The van der Waals surface area contributed by atoms with Crippen LogP contribution in [0.25, 0.3) is 0 Å². The fourth-order valence-electron chi connectivity index (χ4n) is 2.05. The third-order valence-electron chi connectivity index (χ3n) is 3.21. The van der Waals surface area contributed by atoms with Crippen molar-refractivity contribution in [1.29, 1.82) is 0 Å². The van der Waals surface area contributed by atoms with Crippen LogP contribution < -0.4 is 10.5 Å². The van der Waals surface area contributed by atoms with Crippen LogP contribution >= 0.6 is 11.6 Å². The van der Waals surface area contributed by atoms with Gasteiger partial charge in [0.15, 0.2) is 5.75 Å². The highest BCUT2D eigenvalue weighted by molar-refractivity contribution is 7.89. The maximum absolute atomic E-state index is 12.2. The molecule has 0 spiro atoms. The molecule has 9 heteroatoms. The first-order valence-electron chi connectivity index (χ1n) is 6.48. The molecule has 0 atom stereocenters. The van der Waals surface area contributed by atoms with Crippen LogP contribution in [0, 0.1) is 0 Å². The van der Waals surface area contributed by atoms with Crippen molar-refractivity contribution < 1.29 is 18.3 Å². The monoisotopic (exact) mass is 335 g/mol. The van der Waals surface area contributed by atoms with E-state index in [0.717, 1.165) is 13.1 Å². The lowest BCUT2D eigenvalue weighted by Crippen LogP contribution is -2.41. The molecule has 0 saturated carbocycles. The second kappa shape index (κ2) is 6.80. The largest absolute Gasteiger partial charge is 0.504 e. The summed E-state index contributed by atoms with van der Waals surface area (Å²) in [4.78, 5) is 1.71. The van der Waals surface area contributed by atoms with Crippen molar-refractivity contribution in [2.24, 2.45) is 0 Å². The minimum absolute atomic E-state index is 0.0343. The minimum Gasteiger partial charge on any atom is -0.504 e. The Morgan fingerprint density at radius 3 is 2.71 bits per heavy atom. The van der Waals surface area contributed by atoms with Crippen LogP contribution in [0.15, 0.2) is 17.0 Å². The molecule has 0 amide bonds. The molecule has 0 unspecified atom stereocenters. The molecule has 1 aliphatic heterocycles. The van der Waals surface area contributed by atoms with E-state index in [1.54, 1.807) is 0 Å². The van der Waals surface area contributed by atoms with E-state index in [-0.39, 0.29) is 22.2 Å². The van der Waals surface area contributed by atoms with Crippen molar-refractivity contribution in [1.82, 2.24) is 9.62 Å². The van der Waals surface area contributed by atoms with Gasteiger partial charge in [0.1, 0.15) is 4.90 Å². The smallest absolute Gasteiger partial charge is 0.245 e. The Balaban J connectivity index is 2.03. The summed E-state index contributed by atoms with van der Waals surface area (Å²) in [6.07, 6.45) is 0. The predicted octanol–water partition coefficient (Wildman–Crippen LogP) is 0.238. The molecule has 21 heavy (non-hydrogen) atoms. The van der Waals surface area contributed by atoms with Gasteiger partial charge in [0.2, 0.25) is 10.0 Å². The average molecular weight is 336 g/mol. The third-order valence-corrected chi connectivity index (χ3v) is 5.17. The summed E-state index contributed by atoms with van der Waals surface area (Å²) in [5, 5.41) is 9.74. The van der Waals surface area contributed by atoms with E-state index in [0.29, 0.717) is 19.8 Å². The summed E-state index contributed by atoms with van der Waals surface area (Å²) in [5.41, 5.74) is 5.47. The maximum Gasteiger partial charge on any atom is 0.245 e. The zero-order valence-corrected chi connectivity index (χ0v) is 13.0. The van der Waals surface area contributed by atoms with Gasteiger partial charge in [-0.3, -0.25) is 4.90 Å². The zero-order valence-electron chi connectivity index (χ0n) is 11.4. The lowest BCUT2D eigenvalue weighted by Gasteiger charge is -2.26. The topological polar surface area (TPSA) is 105 Å². The van der Waals surface area contributed by atoms with Gasteiger partial charge >= 0.3 is 0 Å². The molecule has 7 nitrogen and oxygen atoms in total. The molecule has 118 valence electrons. The number of benzene rings is 1. The molecule has 1 fully saturated rings. The average Bonchev–Trinajstić information content (AvgIpc) is 2.44. The second-order valence-electron chi connectivity index (χ2n) is 4.67. The molecule has 4 N–H and O–H groups in total. The number of rotatable bonds is 5. The Hall–Kier alpha value is -1.06. The number of halogens is 1. The SMILES string of the molecule is Nc1ccc(Cl)c(S(=O)(=O)NCCN2CCOCC2)c1O. The number of nitrogens with zero attached hydrogens (tertiary/aromatic N) is 1. The van der Waals surface area contributed by atoms with Crippen LogP contribution in [0.2, 0.25) is 5.02 Å². The van der Waals surface area contributed by atoms with Gasteiger partial charge in [0, 0.05) is 26.2 Å². The maximum atomic E-state index is 12.2. The molecule has 1 aromatic rings. The number of aromatic hydroxyl groups is 1. The van der Waals surface area contributed by atoms with Gasteiger partial charge in [0.05, 0.1) is 23.9 Å². The van der Waals surface area contributed by atoms with Gasteiger partial charge in [-0.2, -0.15) is 0 Å². The summed E-state index contributed by atoms with van der Waals surface area (Å²) < 4.78 is 32.1. The highest BCUT2D eigenvalue weighted by Gasteiger charge is 2.24. The van der Waals surface area contributed by atoms with Crippen molar-refractivity contribution in [3.63, 3.8) is 0 Å². The van der Waals surface area contributed by atoms with Gasteiger partial charge in [-0.25, -0.2) is 13.1 Å². The van der Waals surface area contributed by atoms with E-state index in [4.69, 9.17) is 22.1 Å². The fourth-order valence-corrected chi connectivity index (χ4v) is 3.71. The molecule has 0 aliphatic carbocycles. The predicted molar refractivity (Wildman–Crippen MR) is 80.0 cm³/mol. The first kappa shape index (κ1) is 16.3. The van der Waals surface area contributed by atoms with Gasteiger partial charge in [0.25, 0.3) is 0 Å². The zero-order chi connectivity index (χ0) is 15.5. The lowest BCUT2D eigenvalue weighted by atomic mass is 10.3. The van der Waals surface area contributed by atoms with Crippen LogP contribution in [0.1, 0.15) is 0 Å². The Labute approximate surface area is 128 Å². The van der Waals surface area contributed by atoms with Crippen molar-refractivity contribution in [3.8, 4) is 5.75 Å². The van der Waals surface area contributed by atoms with Crippen LogP contribution in [0.3, 0.4) is 0 Å². The van der Waals surface area contributed by atoms with Crippen LogP contribution in [-0.2, 0) is 14.8 Å². The molecular weight excluding hydrogens is 318 g/mol. The third kappa shape index (κ3) is 3.98. The summed E-state index contributed by atoms with van der Waals surface area (Å²) >= 11 is 5.85. The molecular formula is C12H18ClN3O4S. The van der Waals surface area contributed by atoms with Crippen LogP contribution in [0.5, 0.6) is 5.75 Å². The first-order valence-corrected chi connectivity index (χ1v) is 8.34. The van der Waals surface area contributed by atoms with Gasteiger partial charge in [-0.05, 0) is 12.1 Å². The number of nitrogen functional groups attached to an aromatic ring is 1. The molecule has 0 radical (unpaired) electrons. The number of phenols is 1. The van der Waals surface area contributed by atoms with Gasteiger partial charge < -0.3 is 15.6 Å². The Morgan fingerprint density at radius 2 is 2.05 bits per heavy atom. The van der Waals surface area contributed by atoms with Crippen molar-refractivity contribution >= 4 is 27.3 Å². The van der Waals surface area contributed by atoms with E-state index in [1.165, 1.54) is 12.1 Å². The van der Waals surface area contributed by atoms with Gasteiger partial charge in [-0.15, -0.1) is 0 Å².